The number of esters is 1. The van der Waals surface area contributed by atoms with Gasteiger partial charge in [-0.15, -0.1) is 0 Å². The first-order valence-corrected chi connectivity index (χ1v) is 19.3. The minimum atomic E-state index is -1.09. The summed E-state index contributed by atoms with van der Waals surface area (Å²) in [7, 11) is 0. The molecule has 0 bridgehead atoms. The number of anilines is 1. The highest BCUT2D eigenvalue weighted by atomic mass is 16.6. The second-order valence-electron chi connectivity index (χ2n) is 14.6. The van der Waals surface area contributed by atoms with Crippen LogP contribution in [-0.2, 0) is 35.8 Å². The number of hydrogen-bond donors (Lipinski definition) is 3. The lowest BCUT2D eigenvalue weighted by atomic mass is 9.77. The van der Waals surface area contributed by atoms with Gasteiger partial charge in [-0.1, -0.05) is 127 Å². The smallest absolute Gasteiger partial charge is 0.412 e. The third-order valence-electron chi connectivity index (χ3n) is 9.23. The van der Waals surface area contributed by atoms with Crippen LogP contribution in [0.5, 0.6) is 0 Å². The van der Waals surface area contributed by atoms with E-state index in [1.165, 1.54) is 29.0 Å². The van der Waals surface area contributed by atoms with E-state index in [2.05, 4.69) is 16.0 Å². The summed E-state index contributed by atoms with van der Waals surface area (Å²) in [6.07, 6.45) is 3.53. The molecule has 4 aromatic carbocycles. The summed E-state index contributed by atoms with van der Waals surface area (Å²) in [6.45, 7) is 6.96. The van der Waals surface area contributed by atoms with Crippen molar-refractivity contribution in [3.63, 3.8) is 0 Å². The molecule has 11 heteroatoms. The Bertz CT molecular complexity index is 2120. The Labute approximate surface area is 339 Å². The average molecular weight is 783 g/mol. The first-order valence-electron chi connectivity index (χ1n) is 19.3. The summed E-state index contributed by atoms with van der Waals surface area (Å²) in [5.74, 6) is -1.47. The van der Waals surface area contributed by atoms with E-state index in [4.69, 9.17) is 9.47 Å². The van der Waals surface area contributed by atoms with Crippen molar-refractivity contribution in [2.24, 2.45) is 0 Å². The molecule has 0 aliphatic heterocycles. The number of carbonyl (C=O) groups excluding carboxylic acids is 4. The molecule has 0 saturated heterocycles. The fourth-order valence-corrected chi connectivity index (χ4v) is 6.64. The molecule has 0 saturated carbocycles. The summed E-state index contributed by atoms with van der Waals surface area (Å²) in [5, 5.41) is 8.82. The van der Waals surface area contributed by atoms with E-state index in [1.54, 1.807) is 33.8 Å². The molecule has 0 fully saturated rings. The molecular weight excluding hydrogens is 733 g/mol. The second kappa shape index (κ2) is 19.9. The predicted octanol–water partition coefficient (Wildman–Crippen LogP) is 7.47. The van der Waals surface area contributed by atoms with Crippen molar-refractivity contribution in [2.45, 2.75) is 70.2 Å². The highest BCUT2D eigenvalue weighted by Gasteiger charge is 2.38. The van der Waals surface area contributed by atoms with Gasteiger partial charge in [0.05, 0.1) is 6.61 Å². The quantitative estimate of drug-likeness (QED) is 0.0535. The van der Waals surface area contributed by atoms with Gasteiger partial charge < -0.3 is 24.7 Å². The van der Waals surface area contributed by atoms with Crippen molar-refractivity contribution in [1.82, 2.24) is 15.2 Å². The number of ether oxygens (including phenoxy) is 2. The number of rotatable bonds is 16. The van der Waals surface area contributed by atoms with Gasteiger partial charge in [0.25, 0.3) is 5.56 Å². The summed E-state index contributed by atoms with van der Waals surface area (Å²) in [5.41, 5.74) is 0.778. The number of benzene rings is 4. The third kappa shape index (κ3) is 11.4. The van der Waals surface area contributed by atoms with Crippen LogP contribution >= 0.6 is 0 Å². The zero-order valence-corrected chi connectivity index (χ0v) is 33.2. The number of nitrogens with one attached hydrogen (secondary N) is 3. The third-order valence-corrected chi connectivity index (χ3v) is 9.23. The Hall–Kier alpha value is -6.75. The molecular formula is C47H50N4O7. The maximum absolute atomic E-state index is 14.4. The van der Waals surface area contributed by atoms with Crippen molar-refractivity contribution in [2.75, 3.05) is 11.9 Å². The Kier molecular flexibility index (Phi) is 14.5. The van der Waals surface area contributed by atoms with E-state index in [0.717, 1.165) is 22.3 Å². The van der Waals surface area contributed by atoms with E-state index in [-0.39, 0.29) is 37.5 Å². The summed E-state index contributed by atoms with van der Waals surface area (Å²) in [4.78, 5) is 67.6. The molecule has 0 spiro atoms. The molecule has 3 amide bonds. The standard InChI is InChI=1S/C47H50N4O7/c1-5-57-42(53)31-29-38(28-30-41(52)50-47(35-21-12-7-13-22-35,36-23-14-8-15-24-36)37-25-16-9-17-26-37)48-43(54)40(33-34-19-10-6-11-20-34)51-32-18-27-39(44(51)55)49-45(56)58-46(2,3)4/h6-27,29,31-32,38,40H,5,28,30,33H2,1-4H3,(H,48,54)(H,49,56)(H,50,52)/b31-29+/t38-,40-/m0/s1. The van der Waals surface area contributed by atoms with Gasteiger partial charge in [-0.05, 0) is 68.5 Å². The van der Waals surface area contributed by atoms with Crippen molar-refractivity contribution >= 4 is 29.6 Å². The molecule has 3 N–H and O–H groups in total. The van der Waals surface area contributed by atoms with E-state index < -0.39 is 46.8 Å². The Morgan fingerprint density at radius 1 is 0.741 bits per heavy atom. The van der Waals surface area contributed by atoms with Crippen LogP contribution in [0.15, 0.2) is 157 Å². The number of hydrogen-bond acceptors (Lipinski definition) is 7. The lowest BCUT2D eigenvalue weighted by molar-refractivity contribution is -0.137. The minimum absolute atomic E-state index is 0.0506. The van der Waals surface area contributed by atoms with Gasteiger partial charge in [-0.25, -0.2) is 9.59 Å². The number of carbonyl (C=O) groups is 4. The highest BCUT2D eigenvalue weighted by molar-refractivity contribution is 5.86. The molecule has 0 unspecified atom stereocenters. The van der Waals surface area contributed by atoms with Crippen molar-refractivity contribution in [3.8, 4) is 0 Å². The van der Waals surface area contributed by atoms with Gasteiger partial charge >= 0.3 is 12.1 Å². The van der Waals surface area contributed by atoms with Crippen LogP contribution in [0.3, 0.4) is 0 Å². The second-order valence-corrected chi connectivity index (χ2v) is 14.6. The first kappa shape index (κ1) is 42.4. The first-order chi connectivity index (χ1) is 27.9. The van der Waals surface area contributed by atoms with Gasteiger partial charge in [0.2, 0.25) is 11.8 Å². The normalized spacial score (nSPS) is 12.6. The van der Waals surface area contributed by atoms with Gasteiger partial charge in [0, 0.05) is 31.2 Å². The van der Waals surface area contributed by atoms with Crippen molar-refractivity contribution in [3.05, 3.63) is 184 Å². The van der Waals surface area contributed by atoms with E-state index in [9.17, 15) is 24.0 Å². The van der Waals surface area contributed by atoms with Crippen molar-refractivity contribution < 1.29 is 28.7 Å². The molecule has 11 nitrogen and oxygen atoms in total. The van der Waals surface area contributed by atoms with Crippen LogP contribution in [0, 0.1) is 0 Å². The molecule has 58 heavy (non-hydrogen) atoms. The summed E-state index contributed by atoms with van der Waals surface area (Å²) in [6, 6.07) is 39.4. The number of pyridine rings is 1. The van der Waals surface area contributed by atoms with E-state index >= 15 is 0 Å². The molecule has 0 radical (unpaired) electrons. The van der Waals surface area contributed by atoms with E-state index in [0.29, 0.717) is 0 Å². The maximum atomic E-state index is 14.4. The molecule has 300 valence electrons. The maximum Gasteiger partial charge on any atom is 0.412 e. The monoisotopic (exact) mass is 782 g/mol. The predicted molar refractivity (Wildman–Crippen MR) is 224 cm³/mol. The summed E-state index contributed by atoms with van der Waals surface area (Å²) >= 11 is 0. The molecule has 1 heterocycles. The van der Waals surface area contributed by atoms with E-state index in [1.807, 2.05) is 121 Å². The number of amides is 3. The molecule has 1 aromatic heterocycles. The van der Waals surface area contributed by atoms with Gasteiger partial charge in [0.15, 0.2) is 0 Å². The highest BCUT2D eigenvalue weighted by Crippen LogP contribution is 2.37. The fraction of sp³-hybridized carbons (Fsp3) is 0.255. The van der Waals surface area contributed by atoms with Gasteiger partial charge in [-0.3, -0.25) is 19.7 Å². The zero-order valence-electron chi connectivity index (χ0n) is 33.2. The molecule has 5 aromatic rings. The molecule has 2 atom stereocenters. The lowest BCUT2D eigenvalue weighted by Gasteiger charge is -2.37. The number of aromatic nitrogens is 1. The van der Waals surface area contributed by atoms with Gasteiger partial charge in [0.1, 0.15) is 22.9 Å². The van der Waals surface area contributed by atoms with Crippen LogP contribution in [-0.4, -0.2) is 46.7 Å². The molecule has 0 aliphatic rings. The summed E-state index contributed by atoms with van der Waals surface area (Å²) < 4.78 is 11.7. The van der Waals surface area contributed by atoms with Crippen LogP contribution < -0.4 is 21.5 Å². The van der Waals surface area contributed by atoms with Crippen LogP contribution in [0.1, 0.15) is 68.8 Å². The minimum Gasteiger partial charge on any atom is -0.463 e. The Morgan fingerprint density at radius 3 is 1.79 bits per heavy atom. The fourth-order valence-electron chi connectivity index (χ4n) is 6.64. The van der Waals surface area contributed by atoms with Crippen LogP contribution in [0.4, 0.5) is 10.5 Å². The van der Waals surface area contributed by atoms with Crippen LogP contribution in [0.25, 0.3) is 0 Å². The lowest BCUT2D eigenvalue weighted by Crippen LogP contribution is -2.48. The Morgan fingerprint density at radius 2 is 1.28 bits per heavy atom. The average Bonchev–Trinajstić information content (AvgIpc) is 3.21. The molecule has 0 aliphatic carbocycles. The topological polar surface area (TPSA) is 145 Å². The zero-order chi connectivity index (χ0) is 41.5. The Balaban J connectivity index is 1.46. The van der Waals surface area contributed by atoms with Gasteiger partial charge in [-0.2, -0.15) is 0 Å². The van der Waals surface area contributed by atoms with Crippen molar-refractivity contribution in [1.29, 1.82) is 0 Å². The molecule has 5 rings (SSSR count). The number of nitrogens with zero attached hydrogens (tertiary/aromatic N) is 1. The van der Waals surface area contributed by atoms with Crippen LogP contribution in [0.2, 0.25) is 0 Å². The largest absolute Gasteiger partial charge is 0.463 e. The SMILES string of the molecule is CCOC(=O)/C=C/[C@H](CCC(=O)NC(c1ccccc1)(c1ccccc1)c1ccccc1)NC(=O)[C@H](Cc1ccccc1)n1cccc(NC(=O)OC(C)(C)C)c1=O.